The molecule has 5 nitrogen and oxygen atoms in total. The molecule has 1 aromatic heterocycles. The SMILES string of the molecule is Nc1c(C=CCl)nc2ccccc2c1[N+](=O)[O-]. The Morgan fingerprint density at radius 3 is 2.76 bits per heavy atom. The van der Waals surface area contributed by atoms with E-state index in [0.29, 0.717) is 16.6 Å². The van der Waals surface area contributed by atoms with E-state index in [1.807, 2.05) is 0 Å². The Morgan fingerprint density at radius 2 is 2.12 bits per heavy atom. The van der Waals surface area contributed by atoms with Gasteiger partial charge in [0.15, 0.2) is 0 Å². The zero-order chi connectivity index (χ0) is 12.4. The maximum absolute atomic E-state index is 11.0. The Bertz CT molecular complexity index is 625. The zero-order valence-electron chi connectivity index (χ0n) is 8.63. The minimum atomic E-state index is -0.509. The van der Waals surface area contributed by atoms with E-state index in [0.717, 1.165) is 0 Å². The van der Waals surface area contributed by atoms with E-state index in [4.69, 9.17) is 17.3 Å². The molecule has 0 spiro atoms. The first-order valence-electron chi connectivity index (χ1n) is 4.74. The summed E-state index contributed by atoms with van der Waals surface area (Å²) in [6.07, 6.45) is 1.43. The van der Waals surface area contributed by atoms with Crippen molar-refractivity contribution in [2.75, 3.05) is 5.73 Å². The van der Waals surface area contributed by atoms with Crippen LogP contribution in [0.15, 0.2) is 29.8 Å². The van der Waals surface area contributed by atoms with Crippen LogP contribution in [0.2, 0.25) is 0 Å². The van der Waals surface area contributed by atoms with Gasteiger partial charge in [-0.25, -0.2) is 4.98 Å². The molecule has 0 amide bonds. The van der Waals surface area contributed by atoms with Gasteiger partial charge in [-0.1, -0.05) is 23.7 Å². The molecule has 0 aliphatic carbocycles. The third-order valence-corrected chi connectivity index (χ3v) is 2.46. The molecule has 0 aliphatic heterocycles. The van der Waals surface area contributed by atoms with Crippen molar-refractivity contribution in [3.8, 4) is 0 Å². The lowest BCUT2D eigenvalue weighted by molar-refractivity contribution is -0.382. The van der Waals surface area contributed by atoms with Crippen molar-refractivity contribution in [1.29, 1.82) is 0 Å². The van der Waals surface area contributed by atoms with Crippen molar-refractivity contribution in [2.45, 2.75) is 0 Å². The van der Waals surface area contributed by atoms with E-state index < -0.39 is 4.92 Å². The molecule has 1 aromatic carbocycles. The number of aromatic nitrogens is 1. The van der Waals surface area contributed by atoms with Crippen molar-refractivity contribution >= 4 is 40.0 Å². The summed E-state index contributed by atoms with van der Waals surface area (Å²) < 4.78 is 0. The normalized spacial score (nSPS) is 11.1. The minimum absolute atomic E-state index is 0.0191. The number of nitrogen functional groups attached to an aromatic ring is 1. The highest BCUT2D eigenvalue weighted by atomic mass is 35.5. The number of hydrogen-bond acceptors (Lipinski definition) is 4. The number of fused-ring (bicyclic) bond motifs is 1. The van der Waals surface area contributed by atoms with Crippen LogP contribution >= 0.6 is 11.6 Å². The Hall–Kier alpha value is -2.14. The molecule has 0 atom stereocenters. The highest BCUT2D eigenvalue weighted by molar-refractivity contribution is 6.27. The van der Waals surface area contributed by atoms with Crippen molar-refractivity contribution in [3.05, 3.63) is 45.6 Å². The summed E-state index contributed by atoms with van der Waals surface area (Å²) in [5, 5.41) is 11.5. The summed E-state index contributed by atoms with van der Waals surface area (Å²) in [6.45, 7) is 0. The standard InChI is InChI=1S/C11H8ClN3O2/c12-6-5-9-10(13)11(15(16)17)7-3-1-2-4-8(7)14-9/h1-6H,13H2. The molecule has 0 saturated heterocycles. The number of rotatable bonds is 2. The van der Waals surface area contributed by atoms with E-state index in [1.165, 1.54) is 11.6 Å². The second-order valence-corrected chi connectivity index (χ2v) is 3.58. The van der Waals surface area contributed by atoms with E-state index in [1.54, 1.807) is 24.3 Å². The molecule has 0 radical (unpaired) electrons. The maximum Gasteiger partial charge on any atom is 0.303 e. The number of hydrogen-bond donors (Lipinski definition) is 1. The van der Waals surface area contributed by atoms with E-state index >= 15 is 0 Å². The lowest BCUT2D eigenvalue weighted by atomic mass is 10.1. The Morgan fingerprint density at radius 1 is 1.41 bits per heavy atom. The van der Waals surface area contributed by atoms with Crippen molar-refractivity contribution in [2.24, 2.45) is 0 Å². The number of halogens is 1. The van der Waals surface area contributed by atoms with E-state index in [2.05, 4.69) is 4.98 Å². The molecule has 0 aliphatic rings. The molecule has 2 N–H and O–H groups in total. The van der Waals surface area contributed by atoms with Crippen LogP contribution < -0.4 is 5.73 Å². The van der Waals surface area contributed by atoms with Gasteiger partial charge in [-0.3, -0.25) is 10.1 Å². The van der Waals surface area contributed by atoms with Gasteiger partial charge in [-0.2, -0.15) is 0 Å². The maximum atomic E-state index is 11.0. The summed E-state index contributed by atoms with van der Waals surface area (Å²) in [5.41, 5.74) is 7.63. The van der Waals surface area contributed by atoms with Crippen LogP contribution in [0.3, 0.4) is 0 Å². The lowest BCUT2D eigenvalue weighted by Crippen LogP contribution is -2.01. The number of nitrogens with two attached hydrogens (primary N) is 1. The molecule has 2 rings (SSSR count). The second-order valence-electron chi connectivity index (χ2n) is 3.33. The van der Waals surface area contributed by atoms with Gasteiger partial charge in [0.05, 0.1) is 21.5 Å². The van der Waals surface area contributed by atoms with Gasteiger partial charge in [0.2, 0.25) is 0 Å². The highest BCUT2D eigenvalue weighted by Crippen LogP contribution is 2.33. The third kappa shape index (κ3) is 1.92. The molecule has 17 heavy (non-hydrogen) atoms. The summed E-state index contributed by atoms with van der Waals surface area (Å²) in [7, 11) is 0. The van der Waals surface area contributed by atoms with E-state index in [9.17, 15) is 10.1 Å². The second kappa shape index (κ2) is 4.39. The first-order chi connectivity index (χ1) is 8.15. The predicted octanol–water partition coefficient (Wildman–Crippen LogP) is 2.93. The van der Waals surface area contributed by atoms with Gasteiger partial charge >= 0.3 is 5.69 Å². The number of pyridine rings is 1. The van der Waals surface area contributed by atoms with Crippen LogP contribution in [0, 0.1) is 10.1 Å². The minimum Gasteiger partial charge on any atom is -0.391 e. The first-order valence-corrected chi connectivity index (χ1v) is 5.18. The quantitative estimate of drug-likeness (QED) is 0.655. The number of nitrogens with zero attached hydrogens (tertiary/aromatic N) is 2. The number of anilines is 1. The summed E-state index contributed by atoms with van der Waals surface area (Å²) in [6, 6.07) is 6.76. The average molecular weight is 250 g/mol. The topological polar surface area (TPSA) is 82.0 Å². The van der Waals surface area contributed by atoms with Crippen LogP contribution in [0.25, 0.3) is 17.0 Å². The average Bonchev–Trinajstić information content (AvgIpc) is 2.30. The molecular formula is C11H8ClN3O2. The van der Waals surface area contributed by atoms with Crippen LogP contribution in [0.4, 0.5) is 11.4 Å². The smallest absolute Gasteiger partial charge is 0.303 e. The van der Waals surface area contributed by atoms with Crippen LogP contribution in [0.1, 0.15) is 5.69 Å². The summed E-state index contributed by atoms with van der Waals surface area (Å²) in [4.78, 5) is 14.7. The third-order valence-electron chi connectivity index (χ3n) is 2.33. The largest absolute Gasteiger partial charge is 0.391 e. The van der Waals surface area contributed by atoms with Crippen molar-refractivity contribution < 1.29 is 4.92 Å². The van der Waals surface area contributed by atoms with Crippen LogP contribution in [-0.2, 0) is 0 Å². The zero-order valence-corrected chi connectivity index (χ0v) is 9.39. The molecule has 2 aromatic rings. The Labute approximate surface area is 102 Å². The molecule has 86 valence electrons. The molecule has 6 heteroatoms. The van der Waals surface area contributed by atoms with Gasteiger partial charge in [-0.05, 0) is 18.2 Å². The van der Waals surface area contributed by atoms with Gasteiger partial charge in [-0.15, -0.1) is 0 Å². The van der Waals surface area contributed by atoms with Gasteiger partial charge in [0.1, 0.15) is 5.69 Å². The number of para-hydroxylation sites is 1. The molecule has 0 fully saturated rings. The van der Waals surface area contributed by atoms with Crippen LogP contribution in [-0.4, -0.2) is 9.91 Å². The van der Waals surface area contributed by atoms with Gasteiger partial charge < -0.3 is 5.73 Å². The number of benzene rings is 1. The van der Waals surface area contributed by atoms with Crippen molar-refractivity contribution in [3.63, 3.8) is 0 Å². The first kappa shape index (κ1) is 11.3. The fraction of sp³-hybridized carbons (Fsp3) is 0. The van der Waals surface area contributed by atoms with Gasteiger partial charge in [0.25, 0.3) is 0 Å². The van der Waals surface area contributed by atoms with Crippen molar-refractivity contribution in [1.82, 2.24) is 4.98 Å². The fourth-order valence-corrected chi connectivity index (χ4v) is 1.73. The Kier molecular flexibility index (Phi) is 2.93. The fourth-order valence-electron chi connectivity index (χ4n) is 1.61. The summed E-state index contributed by atoms with van der Waals surface area (Å²) >= 11 is 5.45. The number of nitro groups is 1. The summed E-state index contributed by atoms with van der Waals surface area (Å²) in [5.74, 6) is 0. The molecule has 0 bridgehead atoms. The molecular weight excluding hydrogens is 242 g/mol. The predicted molar refractivity (Wildman–Crippen MR) is 67.7 cm³/mol. The molecule has 1 heterocycles. The Balaban J connectivity index is 2.90. The van der Waals surface area contributed by atoms with Gasteiger partial charge in [0, 0.05) is 5.54 Å². The monoisotopic (exact) mass is 249 g/mol. The molecule has 0 unspecified atom stereocenters. The van der Waals surface area contributed by atoms with E-state index in [-0.39, 0.29) is 11.4 Å². The molecule has 0 saturated carbocycles. The lowest BCUT2D eigenvalue weighted by Gasteiger charge is -2.05. The highest BCUT2D eigenvalue weighted by Gasteiger charge is 2.20. The van der Waals surface area contributed by atoms with Crippen LogP contribution in [0.5, 0.6) is 0 Å².